The molecule has 0 aliphatic heterocycles. The highest BCUT2D eigenvalue weighted by Gasteiger charge is 1.98. The Morgan fingerprint density at radius 3 is 3.18 bits per heavy atom. The van der Waals surface area contributed by atoms with E-state index >= 15 is 0 Å². The van der Waals surface area contributed by atoms with Gasteiger partial charge in [-0.1, -0.05) is 23.9 Å². The number of aromatic nitrogens is 2. The normalized spacial score (nSPS) is 9.91. The van der Waals surface area contributed by atoms with Gasteiger partial charge in [-0.3, -0.25) is 0 Å². The van der Waals surface area contributed by atoms with Crippen LogP contribution in [0.25, 0.3) is 0 Å². The lowest BCUT2D eigenvalue weighted by atomic mass is 10.4. The first-order valence-corrected chi connectivity index (χ1v) is 5.24. The Labute approximate surface area is 78.8 Å². The summed E-state index contributed by atoms with van der Waals surface area (Å²) < 4.78 is 4.84. The summed E-state index contributed by atoms with van der Waals surface area (Å²) in [6.07, 6.45) is 1.55. The van der Waals surface area contributed by atoms with E-state index in [1.807, 2.05) is 0 Å². The lowest BCUT2D eigenvalue weighted by Gasteiger charge is -1.95. The van der Waals surface area contributed by atoms with Crippen molar-refractivity contribution in [2.45, 2.75) is 4.34 Å². The standard InChI is InChI=1S/C6H7ClN2S2/c1-5(2-7)3-10-6-8-4-9-11-6/h4H,1-3H2. The van der Waals surface area contributed by atoms with Gasteiger partial charge >= 0.3 is 0 Å². The molecule has 1 heterocycles. The largest absolute Gasteiger partial charge is 0.216 e. The van der Waals surface area contributed by atoms with Crippen LogP contribution in [-0.2, 0) is 0 Å². The molecule has 11 heavy (non-hydrogen) atoms. The predicted octanol–water partition coefficient (Wildman–Crippen LogP) is 2.43. The monoisotopic (exact) mass is 206 g/mol. The Morgan fingerprint density at radius 1 is 1.82 bits per heavy atom. The molecule has 0 N–H and O–H groups in total. The third kappa shape index (κ3) is 3.22. The quantitative estimate of drug-likeness (QED) is 0.430. The van der Waals surface area contributed by atoms with Gasteiger partial charge in [-0.25, -0.2) is 4.98 Å². The van der Waals surface area contributed by atoms with Crippen LogP contribution in [0.15, 0.2) is 22.8 Å². The Kier molecular flexibility index (Phi) is 3.90. The van der Waals surface area contributed by atoms with Crippen molar-refractivity contribution in [3.05, 3.63) is 18.5 Å². The van der Waals surface area contributed by atoms with E-state index in [1.54, 1.807) is 18.1 Å². The van der Waals surface area contributed by atoms with Crippen molar-refractivity contribution in [3.63, 3.8) is 0 Å². The van der Waals surface area contributed by atoms with E-state index in [1.165, 1.54) is 11.5 Å². The van der Waals surface area contributed by atoms with Gasteiger partial charge in [0, 0.05) is 11.6 Å². The SMILES string of the molecule is C=C(CCl)CSc1ncns1. The Hall–Kier alpha value is -0.0600. The topological polar surface area (TPSA) is 25.8 Å². The molecular weight excluding hydrogens is 200 g/mol. The number of alkyl halides is 1. The minimum absolute atomic E-state index is 0.520. The molecule has 1 aromatic heterocycles. The first-order valence-electron chi connectivity index (χ1n) is 2.95. The van der Waals surface area contributed by atoms with Gasteiger partial charge < -0.3 is 0 Å². The van der Waals surface area contributed by atoms with Crippen molar-refractivity contribution < 1.29 is 0 Å². The molecule has 0 bridgehead atoms. The fourth-order valence-electron chi connectivity index (χ4n) is 0.429. The molecule has 0 fully saturated rings. The second kappa shape index (κ2) is 4.74. The van der Waals surface area contributed by atoms with Gasteiger partial charge in [0.05, 0.1) is 0 Å². The van der Waals surface area contributed by atoms with Gasteiger partial charge in [0.2, 0.25) is 0 Å². The third-order valence-electron chi connectivity index (χ3n) is 0.930. The van der Waals surface area contributed by atoms with Crippen LogP contribution in [0.2, 0.25) is 0 Å². The van der Waals surface area contributed by atoms with Crippen LogP contribution >= 0.6 is 34.9 Å². The fraction of sp³-hybridized carbons (Fsp3) is 0.333. The maximum Gasteiger partial charge on any atom is 0.170 e. The average molecular weight is 207 g/mol. The molecule has 0 aromatic carbocycles. The second-order valence-corrected chi connectivity index (χ2v) is 4.15. The lowest BCUT2D eigenvalue weighted by Crippen LogP contribution is -1.85. The molecule has 0 unspecified atom stereocenters. The molecule has 0 spiro atoms. The summed E-state index contributed by atoms with van der Waals surface area (Å²) in [6, 6.07) is 0. The Morgan fingerprint density at radius 2 is 2.64 bits per heavy atom. The lowest BCUT2D eigenvalue weighted by molar-refractivity contribution is 1.21. The highest BCUT2D eigenvalue weighted by atomic mass is 35.5. The number of rotatable bonds is 4. The van der Waals surface area contributed by atoms with Gasteiger partial charge in [-0.2, -0.15) is 4.37 Å². The van der Waals surface area contributed by atoms with E-state index in [0.29, 0.717) is 5.88 Å². The first-order chi connectivity index (χ1) is 5.33. The zero-order valence-corrected chi connectivity index (χ0v) is 8.18. The van der Waals surface area contributed by atoms with E-state index in [9.17, 15) is 0 Å². The highest BCUT2D eigenvalue weighted by molar-refractivity contribution is 8.01. The summed E-state index contributed by atoms with van der Waals surface area (Å²) in [6.45, 7) is 3.78. The summed E-state index contributed by atoms with van der Waals surface area (Å²) in [4.78, 5) is 4.01. The summed E-state index contributed by atoms with van der Waals surface area (Å²) in [5, 5.41) is 0. The molecule has 1 rings (SSSR count). The van der Waals surface area contributed by atoms with Gasteiger partial charge in [0.25, 0.3) is 0 Å². The molecule has 0 amide bonds. The molecular formula is C6H7ClN2S2. The minimum Gasteiger partial charge on any atom is -0.216 e. The molecule has 0 aliphatic carbocycles. The van der Waals surface area contributed by atoms with Crippen LogP contribution in [0.1, 0.15) is 0 Å². The van der Waals surface area contributed by atoms with Crippen molar-refractivity contribution in [1.82, 2.24) is 9.36 Å². The van der Waals surface area contributed by atoms with Gasteiger partial charge in [-0.05, 0) is 11.5 Å². The van der Waals surface area contributed by atoms with Crippen molar-refractivity contribution in [1.29, 1.82) is 0 Å². The Bertz CT molecular complexity index is 222. The smallest absolute Gasteiger partial charge is 0.170 e. The molecule has 1 aromatic rings. The maximum atomic E-state index is 5.55. The summed E-state index contributed by atoms with van der Waals surface area (Å²) in [5.74, 6) is 1.35. The number of halogens is 1. The molecule has 2 nitrogen and oxygen atoms in total. The molecule has 0 atom stereocenters. The van der Waals surface area contributed by atoms with Crippen LogP contribution in [0.3, 0.4) is 0 Å². The molecule has 0 saturated heterocycles. The van der Waals surface area contributed by atoms with Crippen LogP contribution in [0.4, 0.5) is 0 Å². The van der Waals surface area contributed by atoms with Crippen LogP contribution < -0.4 is 0 Å². The zero-order chi connectivity index (χ0) is 8.10. The van der Waals surface area contributed by atoms with Gasteiger partial charge in [0.15, 0.2) is 4.34 Å². The van der Waals surface area contributed by atoms with Crippen LogP contribution in [-0.4, -0.2) is 21.0 Å². The van der Waals surface area contributed by atoms with E-state index < -0.39 is 0 Å². The molecule has 5 heteroatoms. The third-order valence-corrected chi connectivity index (χ3v) is 3.25. The number of nitrogens with zero attached hydrogens (tertiary/aromatic N) is 2. The van der Waals surface area contributed by atoms with Gasteiger partial charge in [0.1, 0.15) is 6.33 Å². The van der Waals surface area contributed by atoms with E-state index in [2.05, 4.69) is 15.9 Å². The average Bonchev–Trinajstić information content (AvgIpc) is 2.52. The number of hydrogen-bond acceptors (Lipinski definition) is 4. The predicted molar refractivity (Wildman–Crippen MR) is 50.5 cm³/mol. The fourth-order valence-corrected chi connectivity index (χ4v) is 1.98. The number of thioether (sulfide) groups is 1. The summed E-state index contributed by atoms with van der Waals surface area (Å²) in [5.41, 5.74) is 1.02. The Balaban J connectivity index is 2.29. The second-order valence-electron chi connectivity index (χ2n) is 1.88. The van der Waals surface area contributed by atoms with E-state index in [0.717, 1.165) is 15.7 Å². The van der Waals surface area contributed by atoms with Crippen molar-refractivity contribution in [3.8, 4) is 0 Å². The molecule has 0 radical (unpaired) electrons. The molecule has 0 saturated carbocycles. The molecule has 60 valence electrons. The van der Waals surface area contributed by atoms with Crippen molar-refractivity contribution >= 4 is 34.9 Å². The van der Waals surface area contributed by atoms with Gasteiger partial charge in [-0.15, -0.1) is 11.6 Å². The zero-order valence-electron chi connectivity index (χ0n) is 5.79. The summed E-state index contributed by atoms with van der Waals surface area (Å²) >= 11 is 8.56. The van der Waals surface area contributed by atoms with E-state index in [-0.39, 0.29) is 0 Å². The van der Waals surface area contributed by atoms with Crippen molar-refractivity contribution in [2.24, 2.45) is 0 Å². The van der Waals surface area contributed by atoms with E-state index in [4.69, 9.17) is 11.6 Å². The molecule has 0 aliphatic rings. The highest BCUT2D eigenvalue weighted by Crippen LogP contribution is 2.20. The minimum atomic E-state index is 0.520. The van der Waals surface area contributed by atoms with Crippen molar-refractivity contribution in [2.75, 3.05) is 11.6 Å². The maximum absolute atomic E-state index is 5.55. The van der Waals surface area contributed by atoms with Crippen LogP contribution in [0, 0.1) is 0 Å². The first kappa shape index (κ1) is 9.03. The summed E-state index contributed by atoms with van der Waals surface area (Å²) in [7, 11) is 0. The van der Waals surface area contributed by atoms with Crippen LogP contribution in [0.5, 0.6) is 0 Å². The number of hydrogen-bond donors (Lipinski definition) is 0.